The molecule has 4 heteroatoms. The predicted molar refractivity (Wildman–Crippen MR) is 90.4 cm³/mol. The molecule has 0 heterocycles. The molecule has 0 aromatic heterocycles. The van der Waals surface area contributed by atoms with Crippen LogP contribution in [0, 0.1) is 11.8 Å². The molecule has 1 aromatic rings. The molecular formula is C18H28N2O2. The number of hydrogen-bond donors (Lipinski definition) is 1. The first-order chi connectivity index (χ1) is 10.6. The first-order valence-electron chi connectivity index (χ1n) is 8.27. The fourth-order valence-corrected chi connectivity index (χ4v) is 3.05. The minimum Gasteiger partial charge on any atom is -0.494 e. The van der Waals surface area contributed by atoms with Crippen molar-refractivity contribution >= 4 is 11.7 Å². The quantitative estimate of drug-likeness (QED) is 0.877. The predicted octanol–water partition coefficient (Wildman–Crippen LogP) is 4.38. The van der Waals surface area contributed by atoms with Crippen LogP contribution in [0.3, 0.4) is 0 Å². The molecule has 0 spiro atoms. The van der Waals surface area contributed by atoms with Gasteiger partial charge in [0.2, 0.25) is 0 Å². The number of ether oxygens (including phenoxy) is 1. The van der Waals surface area contributed by atoms with Gasteiger partial charge >= 0.3 is 6.03 Å². The van der Waals surface area contributed by atoms with Crippen molar-refractivity contribution in [3.05, 3.63) is 24.3 Å². The summed E-state index contributed by atoms with van der Waals surface area (Å²) in [6, 6.07) is 7.47. The Bertz CT molecular complexity index is 488. The third-order valence-corrected chi connectivity index (χ3v) is 4.54. The van der Waals surface area contributed by atoms with E-state index >= 15 is 0 Å². The minimum absolute atomic E-state index is 0.131. The van der Waals surface area contributed by atoms with Crippen molar-refractivity contribution in [2.45, 2.75) is 39.0 Å². The molecule has 0 radical (unpaired) electrons. The van der Waals surface area contributed by atoms with Gasteiger partial charge < -0.3 is 15.0 Å². The van der Waals surface area contributed by atoms with E-state index in [-0.39, 0.29) is 6.03 Å². The number of urea groups is 1. The molecule has 1 saturated carbocycles. The number of benzene rings is 1. The van der Waals surface area contributed by atoms with Crippen LogP contribution in [-0.2, 0) is 0 Å². The lowest BCUT2D eigenvalue weighted by atomic mass is 9.79. The first-order valence-corrected chi connectivity index (χ1v) is 8.27. The van der Waals surface area contributed by atoms with Crippen LogP contribution in [0.2, 0.25) is 0 Å². The summed E-state index contributed by atoms with van der Waals surface area (Å²) in [7, 11) is 3.45. The molecule has 1 aromatic carbocycles. The molecule has 1 aliphatic rings. The van der Waals surface area contributed by atoms with E-state index in [1.54, 1.807) is 14.1 Å². The van der Waals surface area contributed by atoms with Crippen molar-refractivity contribution in [1.29, 1.82) is 0 Å². The highest BCUT2D eigenvalue weighted by Gasteiger charge is 2.20. The number of rotatable bonds is 5. The SMILES string of the molecule is CC1CCCCC1CCOc1cccc(NC(=O)N(C)C)c1. The van der Waals surface area contributed by atoms with Gasteiger partial charge in [0, 0.05) is 25.8 Å². The number of anilines is 1. The highest BCUT2D eigenvalue weighted by Crippen LogP contribution is 2.32. The normalized spacial score (nSPS) is 21.2. The summed E-state index contributed by atoms with van der Waals surface area (Å²) in [5.74, 6) is 2.44. The lowest BCUT2D eigenvalue weighted by molar-refractivity contribution is 0.196. The lowest BCUT2D eigenvalue weighted by Crippen LogP contribution is -2.27. The van der Waals surface area contributed by atoms with Crippen molar-refractivity contribution in [1.82, 2.24) is 4.90 Å². The zero-order valence-corrected chi connectivity index (χ0v) is 14.0. The van der Waals surface area contributed by atoms with Gasteiger partial charge in [0.1, 0.15) is 5.75 Å². The molecule has 1 fully saturated rings. The smallest absolute Gasteiger partial charge is 0.321 e. The molecule has 0 bridgehead atoms. The number of amides is 2. The van der Waals surface area contributed by atoms with Crippen molar-refractivity contribution in [2.24, 2.45) is 11.8 Å². The average Bonchev–Trinajstić information content (AvgIpc) is 2.49. The number of carbonyl (C=O) groups excluding carboxylic acids is 1. The highest BCUT2D eigenvalue weighted by atomic mass is 16.5. The van der Waals surface area contributed by atoms with Gasteiger partial charge in [-0.1, -0.05) is 38.7 Å². The third-order valence-electron chi connectivity index (χ3n) is 4.54. The third kappa shape index (κ3) is 4.93. The standard InChI is InChI=1S/C18H28N2O2/c1-14-7-4-5-8-15(14)11-12-22-17-10-6-9-16(13-17)19-18(21)20(2)3/h6,9-10,13-15H,4-5,7-8,11-12H2,1-3H3,(H,19,21). The molecule has 1 N–H and O–H groups in total. The molecule has 122 valence electrons. The summed E-state index contributed by atoms with van der Waals surface area (Å²) < 4.78 is 5.87. The van der Waals surface area contributed by atoms with E-state index < -0.39 is 0 Å². The van der Waals surface area contributed by atoms with E-state index in [2.05, 4.69) is 12.2 Å². The molecule has 2 atom stereocenters. The Balaban J connectivity index is 1.81. The molecule has 2 amide bonds. The van der Waals surface area contributed by atoms with Gasteiger partial charge in [-0.05, 0) is 30.4 Å². The van der Waals surface area contributed by atoms with Crippen LogP contribution >= 0.6 is 0 Å². The van der Waals surface area contributed by atoms with Crippen LogP contribution < -0.4 is 10.1 Å². The van der Waals surface area contributed by atoms with E-state index in [0.29, 0.717) is 0 Å². The highest BCUT2D eigenvalue weighted by molar-refractivity contribution is 5.89. The van der Waals surface area contributed by atoms with E-state index in [0.717, 1.165) is 36.3 Å². The lowest BCUT2D eigenvalue weighted by Gasteiger charge is -2.28. The monoisotopic (exact) mass is 304 g/mol. The van der Waals surface area contributed by atoms with E-state index in [1.807, 2.05) is 24.3 Å². The van der Waals surface area contributed by atoms with E-state index in [1.165, 1.54) is 30.6 Å². The summed E-state index contributed by atoms with van der Waals surface area (Å²) in [4.78, 5) is 13.2. The van der Waals surface area contributed by atoms with Crippen LogP contribution in [-0.4, -0.2) is 31.6 Å². The second-order valence-electron chi connectivity index (χ2n) is 6.51. The molecular weight excluding hydrogens is 276 g/mol. The fraction of sp³-hybridized carbons (Fsp3) is 0.611. The summed E-state index contributed by atoms with van der Waals surface area (Å²) >= 11 is 0. The van der Waals surface area contributed by atoms with Crippen molar-refractivity contribution in [3.8, 4) is 5.75 Å². The van der Waals surface area contributed by atoms with Gasteiger partial charge in [0.05, 0.1) is 6.61 Å². The van der Waals surface area contributed by atoms with Gasteiger partial charge in [0.15, 0.2) is 0 Å². The van der Waals surface area contributed by atoms with Crippen LogP contribution in [0.4, 0.5) is 10.5 Å². The Morgan fingerprint density at radius 1 is 1.32 bits per heavy atom. The van der Waals surface area contributed by atoms with Gasteiger partial charge in [-0.25, -0.2) is 4.79 Å². The molecule has 0 aliphatic heterocycles. The van der Waals surface area contributed by atoms with Crippen LogP contribution in [0.25, 0.3) is 0 Å². The maximum atomic E-state index is 11.7. The van der Waals surface area contributed by atoms with E-state index in [9.17, 15) is 4.79 Å². The van der Waals surface area contributed by atoms with Crippen LogP contribution in [0.5, 0.6) is 5.75 Å². The second kappa shape index (κ2) is 8.06. The topological polar surface area (TPSA) is 41.6 Å². The molecule has 1 aliphatic carbocycles. The Morgan fingerprint density at radius 2 is 2.09 bits per heavy atom. The summed E-state index contributed by atoms with van der Waals surface area (Å²) in [5.41, 5.74) is 0.766. The number of carbonyl (C=O) groups is 1. The number of hydrogen-bond acceptors (Lipinski definition) is 2. The number of nitrogens with zero attached hydrogens (tertiary/aromatic N) is 1. The molecule has 2 rings (SSSR count). The summed E-state index contributed by atoms with van der Waals surface area (Å²) in [5, 5.41) is 2.84. The molecule has 2 unspecified atom stereocenters. The Labute approximate surface area is 133 Å². The Morgan fingerprint density at radius 3 is 2.82 bits per heavy atom. The fourth-order valence-electron chi connectivity index (χ4n) is 3.05. The van der Waals surface area contributed by atoms with Crippen LogP contribution in [0.1, 0.15) is 39.0 Å². The van der Waals surface area contributed by atoms with Crippen molar-refractivity contribution < 1.29 is 9.53 Å². The molecule has 22 heavy (non-hydrogen) atoms. The maximum Gasteiger partial charge on any atom is 0.321 e. The van der Waals surface area contributed by atoms with Gasteiger partial charge in [-0.2, -0.15) is 0 Å². The first kappa shape index (κ1) is 16.7. The zero-order valence-electron chi connectivity index (χ0n) is 14.0. The van der Waals surface area contributed by atoms with E-state index in [4.69, 9.17) is 4.74 Å². The average molecular weight is 304 g/mol. The largest absolute Gasteiger partial charge is 0.494 e. The van der Waals surface area contributed by atoms with Crippen molar-refractivity contribution in [2.75, 3.05) is 26.0 Å². The maximum absolute atomic E-state index is 11.7. The van der Waals surface area contributed by atoms with Gasteiger partial charge in [-0.15, -0.1) is 0 Å². The summed E-state index contributed by atoms with van der Waals surface area (Å²) in [6.07, 6.45) is 6.56. The Hall–Kier alpha value is -1.71. The second-order valence-corrected chi connectivity index (χ2v) is 6.51. The van der Waals surface area contributed by atoms with Crippen LogP contribution in [0.15, 0.2) is 24.3 Å². The molecule has 4 nitrogen and oxygen atoms in total. The minimum atomic E-state index is -0.131. The Kier molecular flexibility index (Phi) is 6.10. The van der Waals surface area contributed by atoms with Gasteiger partial charge in [-0.3, -0.25) is 0 Å². The molecule has 0 saturated heterocycles. The van der Waals surface area contributed by atoms with Crippen molar-refractivity contribution in [3.63, 3.8) is 0 Å². The van der Waals surface area contributed by atoms with Gasteiger partial charge in [0.25, 0.3) is 0 Å². The number of nitrogens with one attached hydrogen (secondary N) is 1. The zero-order chi connectivity index (χ0) is 15.9. The summed E-state index contributed by atoms with van der Waals surface area (Å²) in [6.45, 7) is 3.11.